The Bertz CT molecular complexity index is 1430. The maximum absolute atomic E-state index is 12.6. The Kier molecular flexibility index (Phi) is 6.02. The Hall–Kier alpha value is -2.47. The zero-order valence-electron chi connectivity index (χ0n) is 19.2. The quantitative estimate of drug-likeness (QED) is 0.542. The molecule has 0 spiro atoms. The number of aromatic nitrogens is 2. The van der Waals surface area contributed by atoms with E-state index >= 15 is 0 Å². The molecule has 9 nitrogen and oxygen atoms in total. The van der Waals surface area contributed by atoms with Crippen LogP contribution in [0, 0.1) is 0 Å². The van der Waals surface area contributed by atoms with Crippen molar-refractivity contribution in [2.24, 2.45) is 5.14 Å². The second-order valence-corrected chi connectivity index (χ2v) is 12.3. The molecule has 0 aliphatic carbocycles. The third-order valence-corrected chi connectivity index (χ3v) is 8.79. The smallest absolute Gasteiger partial charge is 0.242 e. The summed E-state index contributed by atoms with van der Waals surface area (Å²) in [7, 11) is -4.30. The first-order valence-corrected chi connectivity index (χ1v) is 13.8. The lowest BCUT2D eigenvalue weighted by Crippen LogP contribution is -2.30. The number of rotatable bonds is 7. The van der Waals surface area contributed by atoms with E-state index in [1.807, 2.05) is 6.07 Å². The highest BCUT2D eigenvalue weighted by Crippen LogP contribution is 2.35. The lowest BCUT2D eigenvalue weighted by molar-refractivity contribution is 0.521. The molecule has 4 rings (SSSR count). The number of imidazole rings is 1. The van der Waals surface area contributed by atoms with Crippen molar-refractivity contribution in [2.75, 3.05) is 19.0 Å². The van der Waals surface area contributed by atoms with Gasteiger partial charge in [0.2, 0.25) is 20.0 Å². The normalized spacial score (nSPS) is 16.7. The van der Waals surface area contributed by atoms with Gasteiger partial charge in [-0.1, -0.05) is 6.92 Å². The number of primary sulfonamides is 1. The maximum atomic E-state index is 12.6. The molecule has 0 bridgehead atoms. The number of hydrogen-bond donors (Lipinski definition) is 1. The summed E-state index contributed by atoms with van der Waals surface area (Å²) in [5, 5.41) is 5.30. The Balaban J connectivity index is 1.75. The summed E-state index contributed by atoms with van der Waals surface area (Å²) in [6, 6.07) is 10.2. The number of nitrogens with zero attached hydrogens (tertiary/aromatic N) is 4. The van der Waals surface area contributed by atoms with Crippen molar-refractivity contribution < 1.29 is 16.8 Å². The Morgan fingerprint density at radius 3 is 2.42 bits per heavy atom. The number of nitrogens with two attached hydrogens (primary N) is 1. The summed E-state index contributed by atoms with van der Waals surface area (Å²) in [4.78, 5) is 7.34. The van der Waals surface area contributed by atoms with E-state index in [1.165, 1.54) is 24.5 Å². The number of fused-ring (bicyclic) bond motifs is 2. The molecule has 11 heteroatoms. The van der Waals surface area contributed by atoms with Crippen molar-refractivity contribution in [2.45, 2.75) is 55.6 Å². The highest BCUT2D eigenvalue weighted by atomic mass is 32.2. The van der Waals surface area contributed by atoms with Crippen molar-refractivity contribution in [3.63, 3.8) is 0 Å². The highest BCUT2D eigenvalue weighted by Gasteiger charge is 2.29. The van der Waals surface area contributed by atoms with Gasteiger partial charge in [0, 0.05) is 32.4 Å². The second kappa shape index (κ2) is 8.39. The fourth-order valence-electron chi connectivity index (χ4n) is 4.37. The molecule has 0 saturated carbocycles. The van der Waals surface area contributed by atoms with Gasteiger partial charge in [0.25, 0.3) is 0 Å². The first kappa shape index (κ1) is 23.7. The zero-order chi connectivity index (χ0) is 24.1. The molecule has 1 atom stereocenters. The van der Waals surface area contributed by atoms with Crippen molar-refractivity contribution >= 4 is 36.8 Å². The molecule has 178 valence electrons. The van der Waals surface area contributed by atoms with Crippen LogP contribution < -0.4 is 10.0 Å². The monoisotopic (exact) mass is 491 g/mol. The van der Waals surface area contributed by atoms with E-state index in [-0.39, 0.29) is 15.8 Å². The molecule has 3 aromatic rings. The molecule has 1 aromatic heterocycles. The van der Waals surface area contributed by atoms with Crippen LogP contribution in [0.25, 0.3) is 11.0 Å². The van der Waals surface area contributed by atoms with Crippen LogP contribution in [0.2, 0.25) is 0 Å². The molecule has 1 aliphatic rings. The van der Waals surface area contributed by atoms with Crippen molar-refractivity contribution in [3.8, 4) is 0 Å². The lowest BCUT2D eigenvalue weighted by atomic mass is 10.1. The van der Waals surface area contributed by atoms with Crippen LogP contribution in [0.4, 0.5) is 5.69 Å². The van der Waals surface area contributed by atoms with Gasteiger partial charge in [-0.2, -0.15) is 0 Å². The van der Waals surface area contributed by atoms with Crippen molar-refractivity contribution in [1.82, 2.24) is 13.9 Å². The average molecular weight is 492 g/mol. The zero-order valence-corrected chi connectivity index (χ0v) is 20.8. The molecular weight excluding hydrogens is 462 g/mol. The topological polar surface area (TPSA) is 119 Å². The van der Waals surface area contributed by atoms with Crippen LogP contribution in [-0.2, 0) is 39.6 Å². The fourth-order valence-corrected chi connectivity index (χ4v) is 5.85. The van der Waals surface area contributed by atoms with Crippen LogP contribution in [0.3, 0.4) is 0 Å². The highest BCUT2D eigenvalue weighted by molar-refractivity contribution is 7.89. The van der Waals surface area contributed by atoms with Crippen molar-refractivity contribution in [1.29, 1.82) is 0 Å². The van der Waals surface area contributed by atoms with E-state index in [0.29, 0.717) is 18.5 Å². The van der Waals surface area contributed by atoms with Gasteiger partial charge in [-0.05, 0) is 61.7 Å². The number of aryl methyl sites for hydroxylation is 1. The molecule has 0 radical (unpaired) electrons. The summed E-state index contributed by atoms with van der Waals surface area (Å²) < 4.78 is 52.0. The third kappa shape index (κ3) is 4.25. The van der Waals surface area contributed by atoms with Gasteiger partial charge in [-0.3, -0.25) is 0 Å². The molecule has 0 fully saturated rings. The van der Waals surface area contributed by atoms with Crippen LogP contribution in [-0.4, -0.2) is 50.8 Å². The molecule has 33 heavy (non-hydrogen) atoms. The summed E-state index contributed by atoms with van der Waals surface area (Å²) in [6.07, 6.45) is 1.61. The van der Waals surface area contributed by atoms with Gasteiger partial charge in [0.05, 0.1) is 27.4 Å². The first-order valence-electron chi connectivity index (χ1n) is 10.8. The Morgan fingerprint density at radius 2 is 1.79 bits per heavy atom. The maximum Gasteiger partial charge on any atom is 0.242 e. The molecular formula is C22H29N5O4S2. The molecule has 0 amide bonds. The van der Waals surface area contributed by atoms with Gasteiger partial charge in [-0.15, -0.1) is 0 Å². The largest absolute Gasteiger partial charge is 0.361 e. The van der Waals surface area contributed by atoms with E-state index in [4.69, 9.17) is 10.1 Å². The van der Waals surface area contributed by atoms with Crippen LogP contribution in [0.1, 0.15) is 31.7 Å². The lowest BCUT2D eigenvalue weighted by Gasteiger charge is -2.25. The van der Waals surface area contributed by atoms with E-state index in [0.717, 1.165) is 35.6 Å². The minimum atomic E-state index is -3.76. The van der Waals surface area contributed by atoms with Crippen molar-refractivity contribution in [3.05, 3.63) is 47.8 Å². The molecule has 1 aliphatic heterocycles. The SMILES string of the molecule is CCCn1c(CN2c3ccc(S(N)(=O)=O)cc3C[C@@H]2C)nc2cc(S(=O)(=O)N(C)C)ccc21. The van der Waals surface area contributed by atoms with Crippen LogP contribution in [0.15, 0.2) is 46.2 Å². The molecule has 2 aromatic carbocycles. The van der Waals surface area contributed by atoms with E-state index in [9.17, 15) is 16.8 Å². The Labute approximate surface area is 194 Å². The average Bonchev–Trinajstić information content (AvgIpc) is 3.24. The summed E-state index contributed by atoms with van der Waals surface area (Å²) >= 11 is 0. The predicted octanol–water partition coefficient (Wildman–Crippen LogP) is 2.30. The van der Waals surface area contributed by atoms with Gasteiger partial charge in [-0.25, -0.2) is 31.3 Å². The van der Waals surface area contributed by atoms with Gasteiger partial charge in [0.1, 0.15) is 5.82 Å². The molecule has 2 N–H and O–H groups in total. The van der Waals surface area contributed by atoms with Crippen LogP contribution >= 0.6 is 0 Å². The third-order valence-electron chi connectivity index (χ3n) is 6.07. The van der Waals surface area contributed by atoms with E-state index in [2.05, 4.69) is 23.3 Å². The molecule has 0 unspecified atom stereocenters. The number of benzene rings is 2. The minimum absolute atomic E-state index is 0.114. The predicted molar refractivity (Wildman–Crippen MR) is 128 cm³/mol. The summed E-state index contributed by atoms with van der Waals surface area (Å²) in [6.45, 7) is 5.45. The van der Waals surface area contributed by atoms with Crippen LogP contribution in [0.5, 0.6) is 0 Å². The molecule has 0 saturated heterocycles. The second-order valence-electron chi connectivity index (χ2n) is 8.63. The fraction of sp³-hybridized carbons (Fsp3) is 0.409. The van der Waals surface area contributed by atoms with Gasteiger partial charge >= 0.3 is 0 Å². The number of hydrogen-bond acceptors (Lipinski definition) is 6. The van der Waals surface area contributed by atoms with E-state index < -0.39 is 20.0 Å². The van der Waals surface area contributed by atoms with E-state index in [1.54, 1.807) is 24.3 Å². The number of anilines is 1. The summed E-state index contributed by atoms with van der Waals surface area (Å²) in [5.74, 6) is 0.835. The van der Waals surface area contributed by atoms with Gasteiger partial charge < -0.3 is 9.47 Å². The standard InChI is InChI=1S/C22H29N5O4S2/c1-5-10-26-21-9-7-18(33(30,31)25(3)4)13-19(21)24-22(26)14-27-15(2)11-16-12-17(32(23,28)29)6-8-20(16)27/h6-9,12-13,15H,5,10-11,14H2,1-4H3,(H2,23,28,29)/t15-/m0/s1. The minimum Gasteiger partial charge on any atom is -0.361 e. The molecule has 2 heterocycles. The van der Waals surface area contributed by atoms with Gasteiger partial charge in [0.15, 0.2) is 0 Å². The Morgan fingerprint density at radius 1 is 1.09 bits per heavy atom. The summed E-state index contributed by atoms with van der Waals surface area (Å²) in [5.41, 5.74) is 3.42. The first-order chi connectivity index (χ1) is 15.4. The number of sulfonamides is 2.